The summed E-state index contributed by atoms with van der Waals surface area (Å²) < 4.78 is 25.8. The topological polar surface area (TPSA) is 118 Å². The van der Waals surface area contributed by atoms with E-state index in [4.69, 9.17) is 9.47 Å². The number of nitrogens with one attached hydrogen (secondary N) is 2. The van der Waals surface area contributed by atoms with Gasteiger partial charge >= 0.3 is 4.87 Å². The van der Waals surface area contributed by atoms with Crippen LogP contribution >= 0.6 is 23.1 Å². The average Bonchev–Trinajstić information content (AvgIpc) is 3.87. The number of thiazole rings is 1. The highest BCUT2D eigenvalue weighted by Crippen LogP contribution is 2.68. The molecule has 258 valence electrons. The predicted octanol–water partition coefficient (Wildman–Crippen LogP) is 6.82. The number of thioether (sulfide) groups is 1. The Labute approximate surface area is 300 Å². The molecule has 12 heteroatoms. The lowest BCUT2D eigenvalue weighted by Crippen LogP contribution is -2.42. The van der Waals surface area contributed by atoms with Gasteiger partial charge in [-0.2, -0.15) is 0 Å². The highest BCUT2D eigenvalue weighted by molar-refractivity contribution is 8.00. The number of carbonyl (C=O) groups is 3. The molecule has 4 aromatic carbocycles. The summed E-state index contributed by atoms with van der Waals surface area (Å²) in [6, 6.07) is 24.7. The third-order valence-corrected chi connectivity index (χ3v) is 13.4. The van der Waals surface area contributed by atoms with Crippen molar-refractivity contribution >= 4 is 63.0 Å². The van der Waals surface area contributed by atoms with Crippen LogP contribution in [0, 0.1) is 35.4 Å². The van der Waals surface area contributed by atoms with E-state index in [2.05, 4.69) is 10.3 Å². The molecule has 2 saturated carbocycles. The number of fused-ring (bicyclic) bond motifs is 10. The van der Waals surface area contributed by atoms with E-state index < -0.39 is 17.7 Å². The summed E-state index contributed by atoms with van der Waals surface area (Å²) >= 11 is 2.79. The zero-order valence-corrected chi connectivity index (χ0v) is 29.0. The fraction of sp³-hybridized carbons (Fsp3) is 0.282. The number of hydrogen-bond acceptors (Lipinski definition) is 8. The molecule has 51 heavy (non-hydrogen) atoms. The Hall–Kier alpha value is -4.94. The van der Waals surface area contributed by atoms with Gasteiger partial charge in [0.25, 0.3) is 5.91 Å². The first-order valence-corrected chi connectivity index (χ1v) is 18.7. The molecule has 4 aliphatic rings. The molecule has 0 spiro atoms. The van der Waals surface area contributed by atoms with Gasteiger partial charge in [0.2, 0.25) is 11.8 Å². The molecule has 3 fully saturated rings. The van der Waals surface area contributed by atoms with Crippen LogP contribution in [0.5, 0.6) is 11.5 Å². The van der Waals surface area contributed by atoms with Crippen LogP contribution in [0.2, 0.25) is 0 Å². The first-order chi connectivity index (χ1) is 24.8. The minimum Gasteiger partial charge on any atom is -0.490 e. The number of nitrogens with zero attached hydrogens (tertiary/aromatic N) is 1. The molecule has 9 nitrogen and oxygen atoms in total. The summed E-state index contributed by atoms with van der Waals surface area (Å²) in [7, 11) is 0. The van der Waals surface area contributed by atoms with E-state index in [1.807, 2.05) is 61.5 Å². The number of hydrogen-bond donors (Lipinski definition) is 2. The van der Waals surface area contributed by atoms with E-state index in [1.54, 1.807) is 17.8 Å². The monoisotopic (exact) mass is 721 g/mol. The molecule has 2 bridgehead atoms. The summed E-state index contributed by atoms with van der Waals surface area (Å²) in [6.07, 6.45) is 0.743. The molecule has 2 N–H and O–H groups in total. The number of aromatic amines is 1. The number of benzene rings is 4. The van der Waals surface area contributed by atoms with Crippen molar-refractivity contribution in [2.45, 2.75) is 29.5 Å². The maximum absolute atomic E-state index is 14.0. The van der Waals surface area contributed by atoms with Gasteiger partial charge in [0.1, 0.15) is 5.82 Å². The Morgan fingerprint density at radius 3 is 2.49 bits per heavy atom. The Morgan fingerprint density at radius 1 is 0.922 bits per heavy atom. The van der Waals surface area contributed by atoms with Crippen molar-refractivity contribution in [1.29, 1.82) is 0 Å². The molecule has 5 aromatic rings. The summed E-state index contributed by atoms with van der Waals surface area (Å²) in [5.41, 5.74) is 2.00. The van der Waals surface area contributed by atoms with Gasteiger partial charge in [-0.1, -0.05) is 53.8 Å². The van der Waals surface area contributed by atoms with Crippen LogP contribution in [0.4, 0.5) is 15.8 Å². The van der Waals surface area contributed by atoms with Gasteiger partial charge in [-0.3, -0.25) is 24.1 Å². The smallest absolute Gasteiger partial charge is 0.305 e. The molecule has 1 saturated heterocycles. The second-order valence-electron chi connectivity index (χ2n) is 13.5. The standard InChI is InChI=1S/C39H32FN3O6S2/c1-2-48-28-16-20(10-15-27(28)49-18-29(44)41-26-9-5-7-19-6-3-4-8-23(19)26)30-31-24-17-25(34(31)50-36-35(30)51-39(47)42-36)33-32(24)37(45)43(38(33)46)22-13-11-21(40)12-14-22/h3-16,24-25,30-34H,2,17-18H2,1H3,(H,41,44)(H,42,47)/t24-,25-,30+,31-,32+,33+,34-/m1/s1. The quantitative estimate of drug-likeness (QED) is 0.169. The van der Waals surface area contributed by atoms with Crippen LogP contribution in [0.3, 0.4) is 0 Å². The highest BCUT2D eigenvalue weighted by atomic mass is 32.2. The Balaban J connectivity index is 1.01. The second-order valence-corrected chi connectivity index (χ2v) is 15.7. The van der Waals surface area contributed by atoms with E-state index in [9.17, 15) is 23.6 Å². The molecule has 7 atom stereocenters. The summed E-state index contributed by atoms with van der Waals surface area (Å²) in [6.45, 7) is 2.00. The minimum atomic E-state index is -0.483. The van der Waals surface area contributed by atoms with Crippen molar-refractivity contribution in [2.24, 2.45) is 29.6 Å². The molecule has 3 amide bonds. The van der Waals surface area contributed by atoms with Crippen molar-refractivity contribution in [3.8, 4) is 11.5 Å². The molecule has 2 aliphatic carbocycles. The van der Waals surface area contributed by atoms with E-state index in [-0.39, 0.29) is 58.1 Å². The van der Waals surface area contributed by atoms with Crippen LogP contribution in [-0.4, -0.2) is 41.2 Å². The average molecular weight is 722 g/mol. The van der Waals surface area contributed by atoms with Crippen molar-refractivity contribution in [1.82, 2.24) is 4.98 Å². The first-order valence-electron chi connectivity index (χ1n) is 17.0. The number of anilines is 2. The van der Waals surface area contributed by atoms with Gasteiger partial charge in [0, 0.05) is 27.1 Å². The SMILES string of the molecule is CCOc1cc([C@@H]2c3sc(=O)[nH]c3S[C@@H]3[C@@H]4C[C@@H]([C@@H]5C(=O)N(c6ccc(F)cc6)C(=O)[C@@H]45)[C@H]23)ccc1OCC(=O)Nc1cccc2ccccc12. The van der Waals surface area contributed by atoms with Crippen LogP contribution < -0.4 is 24.6 Å². The third-order valence-electron chi connectivity index (χ3n) is 10.9. The minimum absolute atomic E-state index is 0.00755. The predicted molar refractivity (Wildman–Crippen MR) is 193 cm³/mol. The molecule has 3 heterocycles. The maximum atomic E-state index is 14.0. The van der Waals surface area contributed by atoms with Crippen LogP contribution in [-0.2, 0) is 14.4 Å². The lowest BCUT2D eigenvalue weighted by Gasteiger charge is -2.43. The van der Waals surface area contributed by atoms with Crippen molar-refractivity contribution in [3.63, 3.8) is 0 Å². The number of H-pyrrole nitrogens is 1. The van der Waals surface area contributed by atoms with Crippen molar-refractivity contribution < 1.29 is 28.2 Å². The Kier molecular flexibility index (Phi) is 7.77. The van der Waals surface area contributed by atoms with Gasteiger partial charge in [0.05, 0.1) is 29.2 Å². The van der Waals surface area contributed by atoms with E-state index in [1.165, 1.54) is 40.5 Å². The van der Waals surface area contributed by atoms with E-state index in [0.717, 1.165) is 32.7 Å². The molecule has 2 aliphatic heterocycles. The van der Waals surface area contributed by atoms with Crippen LogP contribution in [0.25, 0.3) is 10.8 Å². The van der Waals surface area contributed by atoms with Crippen LogP contribution in [0.1, 0.15) is 29.7 Å². The zero-order chi connectivity index (χ0) is 35.0. The lowest BCUT2D eigenvalue weighted by molar-refractivity contribution is -0.123. The maximum Gasteiger partial charge on any atom is 0.305 e. The molecule has 0 unspecified atom stereocenters. The van der Waals surface area contributed by atoms with Gasteiger partial charge in [-0.15, -0.1) is 11.8 Å². The molecular formula is C39H32FN3O6S2. The van der Waals surface area contributed by atoms with Gasteiger partial charge in [-0.25, -0.2) is 4.39 Å². The van der Waals surface area contributed by atoms with Gasteiger partial charge < -0.3 is 19.8 Å². The summed E-state index contributed by atoms with van der Waals surface area (Å²) in [5.74, 6) is -1.64. The lowest BCUT2D eigenvalue weighted by atomic mass is 9.68. The van der Waals surface area contributed by atoms with E-state index >= 15 is 0 Å². The highest BCUT2D eigenvalue weighted by Gasteiger charge is 2.69. The summed E-state index contributed by atoms with van der Waals surface area (Å²) in [5, 5.41) is 5.71. The van der Waals surface area contributed by atoms with Crippen molar-refractivity contribution in [3.05, 3.63) is 111 Å². The fourth-order valence-electron chi connectivity index (χ4n) is 9.00. The summed E-state index contributed by atoms with van der Waals surface area (Å²) in [4.78, 5) is 58.7. The second kappa shape index (κ2) is 12.4. The normalized spacial score (nSPS) is 25.8. The van der Waals surface area contributed by atoms with Gasteiger partial charge in [-0.05, 0) is 84.5 Å². The zero-order valence-electron chi connectivity index (χ0n) is 27.3. The largest absolute Gasteiger partial charge is 0.490 e. The fourth-order valence-corrected chi connectivity index (χ4v) is 11.9. The molecule has 1 aromatic heterocycles. The number of rotatable bonds is 8. The Morgan fingerprint density at radius 2 is 1.69 bits per heavy atom. The number of amides is 3. The number of halogens is 1. The molecule has 0 radical (unpaired) electrons. The van der Waals surface area contributed by atoms with E-state index in [0.29, 0.717) is 29.5 Å². The van der Waals surface area contributed by atoms with Gasteiger partial charge in [0.15, 0.2) is 18.1 Å². The molecule has 9 rings (SSSR count). The number of ether oxygens (including phenoxy) is 2. The molecular weight excluding hydrogens is 690 g/mol. The third kappa shape index (κ3) is 5.18. The number of imide groups is 1. The number of aromatic nitrogens is 1. The van der Waals surface area contributed by atoms with Crippen molar-refractivity contribution in [2.75, 3.05) is 23.4 Å². The first kappa shape index (κ1) is 32.0. The van der Waals surface area contributed by atoms with Crippen LogP contribution in [0.15, 0.2) is 94.7 Å². The number of carbonyl (C=O) groups excluding carboxylic acids is 3. The Bertz CT molecular complexity index is 2280.